The van der Waals surface area contributed by atoms with E-state index in [1.54, 1.807) is 13.8 Å². The maximum atomic E-state index is 14.2. The molecule has 0 spiro atoms. The summed E-state index contributed by atoms with van der Waals surface area (Å²) in [5, 5.41) is 6.41. The van der Waals surface area contributed by atoms with Gasteiger partial charge in [-0.15, -0.1) is 0 Å². The molecule has 0 unspecified atom stereocenters. The van der Waals surface area contributed by atoms with Crippen LogP contribution in [-0.2, 0) is 0 Å². The molecule has 9 heteroatoms. The van der Waals surface area contributed by atoms with Crippen molar-refractivity contribution in [2.75, 3.05) is 0 Å². The van der Waals surface area contributed by atoms with Gasteiger partial charge in [-0.2, -0.15) is 4.98 Å². The average molecular weight is 387 g/mol. The Morgan fingerprint density at radius 3 is 2.46 bits per heavy atom. The number of halogens is 2. The van der Waals surface area contributed by atoms with E-state index in [4.69, 9.17) is 4.52 Å². The molecule has 1 amide bonds. The molecule has 2 heterocycles. The van der Waals surface area contributed by atoms with Crippen LogP contribution in [0.1, 0.15) is 60.8 Å². The molecule has 0 aliphatic rings. The van der Waals surface area contributed by atoms with Crippen LogP contribution in [0.3, 0.4) is 0 Å². The lowest BCUT2D eigenvalue weighted by Gasteiger charge is -2.13. The molecule has 0 saturated heterocycles. The zero-order valence-corrected chi connectivity index (χ0v) is 15.8. The summed E-state index contributed by atoms with van der Waals surface area (Å²) in [6, 6.07) is 4.00. The third kappa shape index (κ3) is 4.19. The normalized spacial score (nSPS) is 12.2. The van der Waals surface area contributed by atoms with Gasteiger partial charge in [0, 0.05) is 17.5 Å². The summed E-state index contributed by atoms with van der Waals surface area (Å²) >= 11 is 0. The van der Waals surface area contributed by atoms with Crippen molar-refractivity contribution in [1.29, 1.82) is 0 Å². The zero-order valence-electron chi connectivity index (χ0n) is 15.8. The van der Waals surface area contributed by atoms with Gasteiger partial charge < -0.3 is 9.84 Å². The Kier molecular flexibility index (Phi) is 5.43. The summed E-state index contributed by atoms with van der Waals surface area (Å²) < 4.78 is 32.5. The summed E-state index contributed by atoms with van der Waals surface area (Å²) in [7, 11) is 0. The highest BCUT2D eigenvalue weighted by molar-refractivity contribution is 5.93. The van der Waals surface area contributed by atoms with Gasteiger partial charge in [-0.05, 0) is 32.0 Å². The van der Waals surface area contributed by atoms with Crippen molar-refractivity contribution in [3.8, 4) is 11.3 Å². The third-order valence-corrected chi connectivity index (χ3v) is 3.96. The first-order valence-corrected chi connectivity index (χ1v) is 8.70. The van der Waals surface area contributed by atoms with Crippen molar-refractivity contribution in [3.63, 3.8) is 0 Å². The number of aryl methyl sites for hydroxylation is 1. The van der Waals surface area contributed by atoms with Crippen LogP contribution >= 0.6 is 0 Å². The van der Waals surface area contributed by atoms with Crippen LogP contribution in [-0.4, -0.2) is 26.0 Å². The SMILES string of the molecule is Cc1noc([C@@H](C)NC(=O)c2cc(-c3ccc(F)cc3F)nc(C(C)C)n2)n1. The fraction of sp³-hybridized carbons (Fsp3) is 0.316. The van der Waals surface area contributed by atoms with Crippen LogP contribution in [0.15, 0.2) is 28.8 Å². The van der Waals surface area contributed by atoms with Crippen LogP contribution in [0.5, 0.6) is 0 Å². The molecule has 0 radical (unpaired) electrons. The second kappa shape index (κ2) is 7.79. The maximum Gasteiger partial charge on any atom is 0.270 e. The Bertz CT molecular complexity index is 1020. The number of carbonyl (C=O) groups is 1. The van der Waals surface area contributed by atoms with Crippen LogP contribution < -0.4 is 5.32 Å². The van der Waals surface area contributed by atoms with Crippen LogP contribution in [0.4, 0.5) is 8.78 Å². The Hall–Kier alpha value is -3.23. The third-order valence-electron chi connectivity index (χ3n) is 3.96. The van der Waals surface area contributed by atoms with Gasteiger partial charge in [0.2, 0.25) is 5.89 Å². The minimum atomic E-state index is -0.769. The highest BCUT2D eigenvalue weighted by atomic mass is 19.1. The van der Waals surface area contributed by atoms with E-state index in [1.807, 2.05) is 13.8 Å². The Balaban J connectivity index is 1.95. The van der Waals surface area contributed by atoms with E-state index in [-0.39, 0.29) is 28.8 Å². The molecule has 1 aromatic carbocycles. The minimum absolute atomic E-state index is 0.0560. The minimum Gasteiger partial charge on any atom is -0.339 e. The van der Waals surface area contributed by atoms with Crippen molar-refractivity contribution in [3.05, 3.63) is 59.1 Å². The number of benzene rings is 1. The molecule has 0 bridgehead atoms. The monoisotopic (exact) mass is 387 g/mol. The standard InChI is InChI=1S/C19H19F2N5O2/c1-9(2)17-24-15(13-6-5-12(20)7-14(13)21)8-16(25-17)18(27)22-10(3)19-23-11(4)26-28-19/h5-10H,1-4H3,(H,22,27)/t10-/m1/s1. The van der Waals surface area contributed by atoms with Crippen molar-refractivity contribution >= 4 is 5.91 Å². The molecule has 28 heavy (non-hydrogen) atoms. The van der Waals surface area contributed by atoms with Crippen LogP contribution in [0.25, 0.3) is 11.3 Å². The number of nitrogens with zero attached hydrogens (tertiary/aromatic N) is 4. The van der Waals surface area contributed by atoms with Crippen molar-refractivity contribution in [1.82, 2.24) is 25.4 Å². The Morgan fingerprint density at radius 1 is 1.11 bits per heavy atom. The molecule has 1 atom stereocenters. The predicted molar refractivity (Wildman–Crippen MR) is 96.4 cm³/mol. The first kappa shape index (κ1) is 19.5. The first-order chi connectivity index (χ1) is 13.2. The van der Waals surface area contributed by atoms with Gasteiger partial charge in [0.05, 0.1) is 5.69 Å². The van der Waals surface area contributed by atoms with Gasteiger partial charge in [-0.1, -0.05) is 19.0 Å². The number of nitrogens with one attached hydrogen (secondary N) is 1. The van der Waals surface area contributed by atoms with E-state index >= 15 is 0 Å². The van der Waals surface area contributed by atoms with Crippen molar-refractivity contribution < 1.29 is 18.1 Å². The number of aromatic nitrogens is 4. The molecule has 3 rings (SSSR count). The van der Waals surface area contributed by atoms with Crippen LogP contribution in [0, 0.1) is 18.6 Å². The summed E-state index contributed by atoms with van der Waals surface area (Å²) in [4.78, 5) is 25.4. The highest BCUT2D eigenvalue weighted by Gasteiger charge is 2.20. The molecule has 0 saturated carbocycles. The molecule has 0 fully saturated rings. The van der Waals surface area contributed by atoms with Gasteiger partial charge in [0.25, 0.3) is 5.91 Å². The fourth-order valence-corrected chi connectivity index (χ4v) is 2.50. The number of hydrogen-bond acceptors (Lipinski definition) is 6. The second-order valence-corrected chi connectivity index (χ2v) is 6.65. The van der Waals surface area contributed by atoms with E-state index < -0.39 is 23.6 Å². The average Bonchev–Trinajstić information content (AvgIpc) is 3.07. The largest absolute Gasteiger partial charge is 0.339 e. The molecular formula is C19H19F2N5O2. The summed E-state index contributed by atoms with van der Waals surface area (Å²) in [5.74, 6) is -0.992. The lowest BCUT2D eigenvalue weighted by molar-refractivity contribution is 0.0927. The predicted octanol–water partition coefficient (Wildman–Crippen LogP) is 3.73. The molecular weight excluding hydrogens is 368 g/mol. The Morgan fingerprint density at radius 2 is 1.86 bits per heavy atom. The van der Waals surface area contributed by atoms with Gasteiger partial charge in [0.15, 0.2) is 5.82 Å². The smallest absolute Gasteiger partial charge is 0.270 e. The fourth-order valence-electron chi connectivity index (χ4n) is 2.50. The maximum absolute atomic E-state index is 14.2. The first-order valence-electron chi connectivity index (χ1n) is 8.70. The molecule has 3 aromatic rings. The van der Waals surface area contributed by atoms with Crippen molar-refractivity contribution in [2.45, 2.75) is 39.7 Å². The van der Waals surface area contributed by atoms with Crippen LogP contribution in [0.2, 0.25) is 0 Å². The molecule has 0 aliphatic carbocycles. The van der Waals surface area contributed by atoms with Gasteiger partial charge >= 0.3 is 0 Å². The van der Waals surface area contributed by atoms with Gasteiger partial charge in [-0.3, -0.25) is 4.79 Å². The summed E-state index contributed by atoms with van der Waals surface area (Å²) in [6.07, 6.45) is 0. The molecule has 1 N–H and O–H groups in total. The van der Waals surface area contributed by atoms with E-state index in [2.05, 4.69) is 25.4 Å². The summed E-state index contributed by atoms with van der Waals surface area (Å²) in [6.45, 7) is 7.07. The van der Waals surface area contributed by atoms with E-state index in [1.165, 1.54) is 12.1 Å². The lowest BCUT2D eigenvalue weighted by atomic mass is 10.1. The zero-order chi connectivity index (χ0) is 20.4. The second-order valence-electron chi connectivity index (χ2n) is 6.65. The van der Waals surface area contributed by atoms with Gasteiger partial charge in [-0.25, -0.2) is 18.7 Å². The Labute approximate surface area is 160 Å². The van der Waals surface area contributed by atoms with E-state index in [9.17, 15) is 13.6 Å². The molecule has 7 nitrogen and oxygen atoms in total. The van der Waals surface area contributed by atoms with E-state index in [0.717, 1.165) is 12.1 Å². The quantitative estimate of drug-likeness (QED) is 0.717. The van der Waals surface area contributed by atoms with Gasteiger partial charge in [0.1, 0.15) is 29.2 Å². The lowest BCUT2D eigenvalue weighted by Crippen LogP contribution is -2.28. The highest BCUT2D eigenvalue weighted by Crippen LogP contribution is 2.24. The summed E-state index contributed by atoms with van der Waals surface area (Å²) in [5.41, 5.74) is 0.337. The number of carbonyl (C=O) groups excluding carboxylic acids is 1. The van der Waals surface area contributed by atoms with E-state index in [0.29, 0.717) is 11.6 Å². The molecule has 146 valence electrons. The topological polar surface area (TPSA) is 93.8 Å². The number of hydrogen-bond donors (Lipinski definition) is 1. The van der Waals surface area contributed by atoms with Crippen molar-refractivity contribution in [2.24, 2.45) is 0 Å². The molecule has 0 aliphatic heterocycles. The number of amides is 1. The molecule has 2 aromatic heterocycles. The number of rotatable bonds is 5.